The Balaban J connectivity index is 2.61. The molecule has 0 radical (unpaired) electrons. The van der Waals surface area contributed by atoms with Crippen molar-refractivity contribution in [3.63, 3.8) is 0 Å². The van der Waals surface area contributed by atoms with Crippen molar-refractivity contribution in [2.45, 2.75) is 10.9 Å². The van der Waals surface area contributed by atoms with Crippen molar-refractivity contribution >= 4 is 53.8 Å². The van der Waals surface area contributed by atoms with Crippen LogP contribution in [0, 0.1) is 0 Å². The maximum absolute atomic E-state index is 11.8. The summed E-state index contributed by atoms with van der Waals surface area (Å²) >= 11 is 9.91. The molecule has 1 aromatic rings. The first kappa shape index (κ1) is 14.2. The van der Waals surface area contributed by atoms with Gasteiger partial charge in [-0.2, -0.15) is 0 Å². The molecule has 88 valence electrons. The highest BCUT2D eigenvalue weighted by molar-refractivity contribution is 9.10. The van der Waals surface area contributed by atoms with Crippen LogP contribution in [-0.2, 0) is 9.53 Å². The summed E-state index contributed by atoms with van der Waals surface area (Å²) in [7, 11) is 0. The summed E-state index contributed by atoms with van der Waals surface area (Å²) < 4.78 is 5.29. The molecule has 0 aliphatic heterocycles. The summed E-state index contributed by atoms with van der Waals surface area (Å²) in [6.45, 7) is 0. The number of alkyl halides is 3. The van der Waals surface area contributed by atoms with Gasteiger partial charge in [0.25, 0.3) is 0 Å². The highest BCUT2D eigenvalue weighted by Crippen LogP contribution is 2.24. The molecule has 1 unspecified atom stereocenters. The third kappa shape index (κ3) is 4.18. The van der Waals surface area contributed by atoms with Crippen LogP contribution in [0.1, 0.15) is 10.4 Å². The minimum Gasteiger partial charge on any atom is -0.460 e. The Morgan fingerprint density at radius 1 is 1.19 bits per heavy atom. The van der Waals surface area contributed by atoms with Crippen LogP contribution in [0.5, 0.6) is 0 Å². The lowest BCUT2D eigenvalue weighted by molar-refractivity contribution is -0.146. The largest absolute Gasteiger partial charge is 0.460 e. The Bertz CT molecular complexity index is 325. The molecular formula is C11H11Br3O2. The zero-order chi connectivity index (χ0) is 12.0. The second-order valence-corrected chi connectivity index (χ2v) is 5.35. The van der Waals surface area contributed by atoms with Crippen molar-refractivity contribution in [3.05, 3.63) is 35.9 Å². The quantitative estimate of drug-likeness (QED) is 0.540. The fraction of sp³-hybridized carbons (Fsp3) is 0.364. The van der Waals surface area contributed by atoms with Crippen LogP contribution in [-0.4, -0.2) is 22.7 Å². The Kier molecular flexibility index (Phi) is 6.61. The molecule has 0 aliphatic carbocycles. The zero-order valence-electron chi connectivity index (χ0n) is 8.41. The van der Waals surface area contributed by atoms with Crippen LogP contribution < -0.4 is 0 Å². The zero-order valence-corrected chi connectivity index (χ0v) is 13.2. The highest BCUT2D eigenvalue weighted by atomic mass is 79.9. The van der Waals surface area contributed by atoms with Crippen LogP contribution in [0.4, 0.5) is 0 Å². The summed E-state index contributed by atoms with van der Waals surface area (Å²) in [6, 6.07) is 9.47. The second-order valence-electron chi connectivity index (χ2n) is 3.14. The van der Waals surface area contributed by atoms with Crippen LogP contribution in [0.15, 0.2) is 30.3 Å². The van der Waals surface area contributed by atoms with Gasteiger partial charge in [-0.05, 0) is 5.56 Å². The van der Waals surface area contributed by atoms with Gasteiger partial charge in [0.15, 0.2) is 0 Å². The molecule has 0 saturated carbocycles. The number of halogens is 3. The molecule has 0 aromatic heterocycles. The van der Waals surface area contributed by atoms with E-state index in [0.29, 0.717) is 10.7 Å². The van der Waals surface area contributed by atoms with Crippen LogP contribution >= 0.6 is 47.8 Å². The molecule has 1 rings (SSSR count). The van der Waals surface area contributed by atoms with Gasteiger partial charge in [-0.25, -0.2) is 0 Å². The van der Waals surface area contributed by atoms with Gasteiger partial charge in [-0.3, -0.25) is 4.79 Å². The van der Waals surface area contributed by atoms with Gasteiger partial charge in [0.1, 0.15) is 10.9 Å². The minimum atomic E-state index is -0.408. The predicted octanol–water partition coefficient (Wildman–Crippen LogP) is 3.82. The van der Waals surface area contributed by atoms with Gasteiger partial charge >= 0.3 is 5.97 Å². The van der Waals surface area contributed by atoms with E-state index in [1.165, 1.54) is 0 Å². The molecule has 1 aromatic carbocycles. The number of benzene rings is 1. The van der Waals surface area contributed by atoms with Crippen LogP contribution in [0.3, 0.4) is 0 Å². The van der Waals surface area contributed by atoms with E-state index in [1.807, 2.05) is 30.3 Å². The molecule has 0 amide bonds. The molecule has 0 bridgehead atoms. The van der Waals surface area contributed by atoms with E-state index in [1.54, 1.807) is 0 Å². The van der Waals surface area contributed by atoms with Gasteiger partial charge in [0, 0.05) is 10.7 Å². The van der Waals surface area contributed by atoms with E-state index in [2.05, 4.69) is 47.8 Å². The molecule has 0 N–H and O–H groups in total. The molecule has 1 atom stereocenters. The van der Waals surface area contributed by atoms with E-state index in [4.69, 9.17) is 4.74 Å². The van der Waals surface area contributed by atoms with E-state index < -0.39 is 4.83 Å². The summed E-state index contributed by atoms with van der Waals surface area (Å²) in [6.07, 6.45) is -0.142. The molecule has 0 aliphatic rings. The Morgan fingerprint density at radius 3 is 2.25 bits per heavy atom. The number of esters is 1. The molecule has 0 heterocycles. The first-order valence-electron chi connectivity index (χ1n) is 4.70. The number of rotatable bonds is 5. The molecule has 0 fully saturated rings. The second kappa shape index (κ2) is 7.45. The van der Waals surface area contributed by atoms with Crippen LogP contribution in [0.2, 0.25) is 0 Å². The third-order valence-electron chi connectivity index (χ3n) is 1.93. The van der Waals surface area contributed by atoms with Gasteiger partial charge in [-0.1, -0.05) is 78.1 Å². The Hall–Kier alpha value is 0.130. The van der Waals surface area contributed by atoms with E-state index >= 15 is 0 Å². The Morgan fingerprint density at radius 2 is 1.75 bits per heavy atom. The standard InChI is InChI=1S/C11H11Br3O2/c12-6-9(7-13)16-11(15)10(14)8-4-2-1-3-5-8/h1-5,9-10H,6-7H2. The highest BCUT2D eigenvalue weighted by Gasteiger charge is 2.21. The normalized spacial score (nSPS) is 12.5. The number of hydrogen-bond acceptors (Lipinski definition) is 2. The van der Waals surface area contributed by atoms with Crippen molar-refractivity contribution < 1.29 is 9.53 Å². The Labute approximate surface area is 120 Å². The summed E-state index contributed by atoms with van der Waals surface area (Å²) in [4.78, 5) is 11.4. The van der Waals surface area contributed by atoms with Gasteiger partial charge in [-0.15, -0.1) is 0 Å². The van der Waals surface area contributed by atoms with Gasteiger partial charge in [0.2, 0.25) is 0 Å². The van der Waals surface area contributed by atoms with Crippen molar-refractivity contribution in [2.24, 2.45) is 0 Å². The van der Waals surface area contributed by atoms with Crippen molar-refractivity contribution in [3.8, 4) is 0 Å². The average molecular weight is 415 g/mol. The first-order chi connectivity index (χ1) is 7.69. The van der Waals surface area contributed by atoms with E-state index in [9.17, 15) is 4.79 Å². The number of carbonyl (C=O) groups is 1. The van der Waals surface area contributed by atoms with Crippen molar-refractivity contribution in [1.29, 1.82) is 0 Å². The lowest BCUT2D eigenvalue weighted by atomic mass is 10.1. The summed E-state index contributed by atoms with van der Waals surface area (Å²) in [5, 5.41) is 1.25. The number of carbonyl (C=O) groups excluding carboxylic acids is 1. The average Bonchev–Trinajstić information content (AvgIpc) is 2.35. The van der Waals surface area contributed by atoms with E-state index in [-0.39, 0.29) is 12.1 Å². The molecule has 16 heavy (non-hydrogen) atoms. The predicted molar refractivity (Wildman–Crippen MR) is 75.6 cm³/mol. The molecule has 0 saturated heterocycles. The van der Waals surface area contributed by atoms with E-state index in [0.717, 1.165) is 5.56 Å². The van der Waals surface area contributed by atoms with Gasteiger partial charge < -0.3 is 4.74 Å². The number of hydrogen-bond donors (Lipinski definition) is 0. The fourth-order valence-electron chi connectivity index (χ4n) is 1.09. The lowest BCUT2D eigenvalue weighted by Gasteiger charge is -2.15. The van der Waals surface area contributed by atoms with Crippen LogP contribution in [0.25, 0.3) is 0 Å². The fourth-order valence-corrected chi connectivity index (χ4v) is 2.84. The minimum absolute atomic E-state index is 0.142. The smallest absolute Gasteiger partial charge is 0.324 e. The lowest BCUT2D eigenvalue weighted by Crippen LogP contribution is -2.23. The third-order valence-corrected chi connectivity index (χ3v) is 4.27. The molecule has 5 heteroatoms. The SMILES string of the molecule is O=C(OC(CBr)CBr)C(Br)c1ccccc1. The van der Waals surface area contributed by atoms with Crippen molar-refractivity contribution in [1.82, 2.24) is 0 Å². The molecular weight excluding hydrogens is 404 g/mol. The summed E-state index contributed by atoms with van der Waals surface area (Å²) in [5.74, 6) is -0.268. The monoisotopic (exact) mass is 412 g/mol. The molecule has 0 spiro atoms. The maximum atomic E-state index is 11.8. The first-order valence-corrected chi connectivity index (χ1v) is 7.86. The maximum Gasteiger partial charge on any atom is 0.324 e. The number of ether oxygens (including phenoxy) is 1. The molecule has 2 nitrogen and oxygen atoms in total. The van der Waals surface area contributed by atoms with Crippen molar-refractivity contribution in [2.75, 3.05) is 10.7 Å². The topological polar surface area (TPSA) is 26.3 Å². The van der Waals surface area contributed by atoms with Gasteiger partial charge in [0.05, 0.1) is 0 Å². The summed E-state index contributed by atoms with van der Waals surface area (Å²) in [5.41, 5.74) is 0.899.